The molecule has 8 heteroatoms. The van der Waals surface area contributed by atoms with E-state index in [0.29, 0.717) is 5.69 Å². The van der Waals surface area contributed by atoms with E-state index in [9.17, 15) is 18.0 Å². The van der Waals surface area contributed by atoms with Crippen molar-refractivity contribution in [3.8, 4) is 0 Å². The molecule has 0 bridgehead atoms. The lowest BCUT2D eigenvalue weighted by Gasteiger charge is -2.21. The number of amides is 1. The number of carbonyl (C=O) groups is 2. The Morgan fingerprint density at radius 3 is 2.30 bits per heavy atom. The van der Waals surface area contributed by atoms with E-state index in [-0.39, 0.29) is 17.0 Å². The van der Waals surface area contributed by atoms with E-state index in [4.69, 9.17) is 5.11 Å². The first-order chi connectivity index (χ1) is 12.6. The van der Waals surface area contributed by atoms with E-state index in [0.717, 1.165) is 4.31 Å². The third-order valence-electron chi connectivity index (χ3n) is 4.14. The van der Waals surface area contributed by atoms with Gasteiger partial charge in [0.15, 0.2) is 0 Å². The number of carbonyl (C=O) groups excluding carboxylic acids is 1. The van der Waals surface area contributed by atoms with Crippen LogP contribution in [0.5, 0.6) is 0 Å². The summed E-state index contributed by atoms with van der Waals surface area (Å²) in [6, 6.07) is 14.2. The summed E-state index contributed by atoms with van der Waals surface area (Å²) in [4.78, 5) is 23.4. The second kappa shape index (κ2) is 7.79. The highest BCUT2D eigenvalue weighted by Crippen LogP contribution is 2.22. The fourth-order valence-corrected chi connectivity index (χ4v) is 3.45. The van der Waals surface area contributed by atoms with E-state index in [2.05, 4.69) is 5.32 Å². The number of carboxylic acids is 1. The van der Waals surface area contributed by atoms with Crippen molar-refractivity contribution in [2.24, 2.45) is 5.41 Å². The summed E-state index contributed by atoms with van der Waals surface area (Å²) < 4.78 is 26.8. The fraction of sp³-hybridized carbons (Fsp3) is 0.263. The minimum Gasteiger partial charge on any atom is -0.481 e. The van der Waals surface area contributed by atoms with Crippen LogP contribution in [0.15, 0.2) is 59.5 Å². The Morgan fingerprint density at radius 2 is 1.70 bits per heavy atom. The topological polar surface area (TPSA) is 104 Å². The van der Waals surface area contributed by atoms with Gasteiger partial charge in [-0.1, -0.05) is 24.3 Å². The zero-order chi connectivity index (χ0) is 20.2. The zero-order valence-electron chi connectivity index (χ0n) is 15.3. The van der Waals surface area contributed by atoms with Crippen LogP contribution in [0.25, 0.3) is 0 Å². The summed E-state index contributed by atoms with van der Waals surface area (Å²) in [5.41, 5.74) is -0.498. The van der Waals surface area contributed by atoms with E-state index in [1.807, 2.05) is 0 Å². The van der Waals surface area contributed by atoms with Gasteiger partial charge in [-0.25, -0.2) is 8.42 Å². The van der Waals surface area contributed by atoms with Gasteiger partial charge in [-0.15, -0.1) is 0 Å². The lowest BCUT2D eigenvalue weighted by atomic mass is 9.94. The van der Waals surface area contributed by atoms with Crippen LogP contribution < -0.4 is 9.62 Å². The van der Waals surface area contributed by atoms with Gasteiger partial charge in [0.2, 0.25) is 0 Å². The first kappa shape index (κ1) is 20.4. The zero-order valence-corrected chi connectivity index (χ0v) is 16.2. The first-order valence-corrected chi connectivity index (χ1v) is 9.65. The number of anilines is 1. The molecule has 1 amide bonds. The monoisotopic (exact) mass is 390 g/mol. The summed E-state index contributed by atoms with van der Waals surface area (Å²) in [5.74, 6) is -1.58. The van der Waals surface area contributed by atoms with Crippen molar-refractivity contribution in [3.63, 3.8) is 0 Å². The van der Waals surface area contributed by atoms with Crippen LogP contribution in [0.4, 0.5) is 5.69 Å². The quantitative estimate of drug-likeness (QED) is 0.755. The van der Waals surface area contributed by atoms with Gasteiger partial charge in [0.05, 0.1) is 16.0 Å². The Balaban J connectivity index is 2.24. The number of aliphatic carboxylic acids is 1. The van der Waals surface area contributed by atoms with E-state index in [1.54, 1.807) is 30.3 Å². The van der Waals surface area contributed by atoms with Gasteiger partial charge >= 0.3 is 5.97 Å². The van der Waals surface area contributed by atoms with Gasteiger partial charge in [-0.3, -0.25) is 13.9 Å². The number of carboxylic acid groups (broad SMARTS) is 1. The van der Waals surface area contributed by atoms with Gasteiger partial charge in [0, 0.05) is 19.2 Å². The van der Waals surface area contributed by atoms with Gasteiger partial charge in [0.25, 0.3) is 15.9 Å². The molecule has 0 heterocycles. The Labute approximate surface area is 158 Å². The number of nitrogens with zero attached hydrogens (tertiary/aromatic N) is 1. The first-order valence-electron chi connectivity index (χ1n) is 8.21. The number of hydrogen-bond acceptors (Lipinski definition) is 4. The van der Waals surface area contributed by atoms with Crippen molar-refractivity contribution >= 4 is 27.6 Å². The molecule has 0 aromatic heterocycles. The molecule has 144 valence electrons. The van der Waals surface area contributed by atoms with Crippen LogP contribution in [-0.2, 0) is 14.8 Å². The standard InChI is InChI=1S/C19H22N2O5S/c1-19(2,18(23)24)13-20-17(22)14-8-7-11-16(12-14)27(25,26)21(3)15-9-5-4-6-10-15/h4-12H,13H2,1-3H3,(H,20,22)(H,23,24). The highest BCUT2D eigenvalue weighted by molar-refractivity contribution is 7.92. The number of para-hydroxylation sites is 1. The average molecular weight is 390 g/mol. The molecule has 0 radical (unpaired) electrons. The van der Waals surface area contributed by atoms with Crippen molar-refractivity contribution in [2.45, 2.75) is 18.7 Å². The molecule has 0 unspecified atom stereocenters. The van der Waals surface area contributed by atoms with Crippen LogP contribution in [0.3, 0.4) is 0 Å². The molecule has 0 aliphatic rings. The molecule has 0 aliphatic heterocycles. The summed E-state index contributed by atoms with van der Waals surface area (Å²) >= 11 is 0. The van der Waals surface area contributed by atoms with Crippen molar-refractivity contribution in [1.82, 2.24) is 5.32 Å². The predicted octanol–water partition coefficient (Wildman–Crippen LogP) is 2.35. The van der Waals surface area contributed by atoms with Gasteiger partial charge < -0.3 is 10.4 Å². The van der Waals surface area contributed by atoms with Crippen molar-refractivity contribution in [1.29, 1.82) is 0 Å². The Hall–Kier alpha value is -2.87. The van der Waals surface area contributed by atoms with Gasteiger partial charge in [-0.05, 0) is 44.2 Å². The smallest absolute Gasteiger partial charge is 0.310 e. The maximum absolute atomic E-state index is 12.8. The number of benzene rings is 2. The third kappa shape index (κ3) is 4.65. The molecule has 27 heavy (non-hydrogen) atoms. The molecule has 0 atom stereocenters. The second-order valence-electron chi connectivity index (χ2n) is 6.71. The minimum absolute atomic E-state index is 0.0287. The maximum Gasteiger partial charge on any atom is 0.310 e. The molecule has 0 aliphatic carbocycles. The Bertz CT molecular complexity index is 940. The van der Waals surface area contributed by atoms with Gasteiger partial charge in [-0.2, -0.15) is 0 Å². The summed E-state index contributed by atoms with van der Waals surface area (Å²) in [6.45, 7) is 2.90. The van der Waals surface area contributed by atoms with Gasteiger partial charge in [0.1, 0.15) is 0 Å². The lowest BCUT2D eigenvalue weighted by molar-refractivity contribution is -0.146. The fourth-order valence-electron chi connectivity index (χ4n) is 2.21. The van der Waals surface area contributed by atoms with Crippen molar-refractivity contribution in [2.75, 3.05) is 17.9 Å². The predicted molar refractivity (Wildman–Crippen MR) is 102 cm³/mol. The molecule has 0 saturated carbocycles. The number of nitrogens with one attached hydrogen (secondary N) is 1. The van der Waals surface area contributed by atoms with Crippen LogP contribution >= 0.6 is 0 Å². The molecular formula is C19H22N2O5S. The Morgan fingerprint density at radius 1 is 1.07 bits per heavy atom. The molecule has 2 aromatic rings. The lowest BCUT2D eigenvalue weighted by Crippen LogP contribution is -2.39. The van der Waals surface area contributed by atoms with Crippen molar-refractivity contribution < 1.29 is 23.1 Å². The Kier molecular flexibility index (Phi) is 5.90. The summed E-state index contributed by atoms with van der Waals surface area (Å²) in [7, 11) is -2.41. The summed E-state index contributed by atoms with van der Waals surface area (Å²) in [5, 5.41) is 11.6. The molecule has 2 rings (SSSR count). The number of hydrogen-bond donors (Lipinski definition) is 2. The normalized spacial score (nSPS) is 11.7. The second-order valence-corrected chi connectivity index (χ2v) is 8.68. The number of sulfonamides is 1. The van der Waals surface area contributed by atoms with Crippen LogP contribution in [0, 0.1) is 5.41 Å². The third-order valence-corrected chi connectivity index (χ3v) is 5.93. The molecule has 2 aromatic carbocycles. The molecule has 0 spiro atoms. The largest absolute Gasteiger partial charge is 0.481 e. The number of rotatable bonds is 7. The molecular weight excluding hydrogens is 368 g/mol. The SMILES string of the molecule is CN(c1ccccc1)S(=O)(=O)c1cccc(C(=O)NCC(C)(C)C(=O)O)c1. The summed E-state index contributed by atoms with van der Waals surface area (Å²) in [6.07, 6.45) is 0. The van der Waals surface area contributed by atoms with E-state index in [1.165, 1.54) is 45.2 Å². The van der Waals surface area contributed by atoms with E-state index < -0.39 is 27.3 Å². The molecule has 0 saturated heterocycles. The van der Waals surface area contributed by atoms with Crippen LogP contribution in [-0.4, -0.2) is 39.0 Å². The van der Waals surface area contributed by atoms with Crippen molar-refractivity contribution in [3.05, 3.63) is 60.2 Å². The van der Waals surface area contributed by atoms with Crippen LogP contribution in [0.2, 0.25) is 0 Å². The van der Waals surface area contributed by atoms with E-state index >= 15 is 0 Å². The maximum atomic E-state index is 12.8. The highest BCUT2D eigenvalue weighted by Gasteiger charge is 2.28. The van der Waals surface area contributed by atoms with Crippen LogP contribution in [0.1, 0.15) is 24.2 Å². The molecule has 7 nitrogen and oxygen atoms in total. The minimum atomic E-state index is -3.85. The molecule has 2 N–H and O–H groups in total. The average Bonchev–Trinajstić information content (AvgIpc) is 2.66. The highest BCUT2D eigenvalue weighted by atomic mass is 32.2. The molecule has 0 fully saturated rings.